The van der Waals surface area contributed by atoms with Crippen LogP contribution in [0.4, 0.5) is 0 Å². The summed E-state index contributed by atoms with van der Waals surface area (Å²) in [6.07, 6.45) is 4.32. The minimum atomic E-state index is -0.0325. The van der Waals surface area contributed by atoms with Crippen LogP contribution in [0.5, 0.6) is 0 Å². The van der Waals surface area contributed by atoms with Gasteiger partial charge in [-0.3, -0.25) is 9.69 Å². The summed E-state index contributed by atoms with van der Waals surface area (Å²) in [5, 5.41) is 0. The molecule has 1 spiro atoms. The number of hydrogen-bond acceptors (Lipinski definition) is 5. The number of rotatable bonds is 5. The smallest absolute Gasteiger partial charge is 0.248 e. The number of likely N-dealkylation sites (N-methyl/N-ethyl adjacent to an activating group) is 1. The van der Waals surface area contributed by atoms with E-state index in [4.69, 9.17) is 14.2 Å². The number of carbonyl (C=O) groups excluding carboxylic acids is 1. The summed E-state index contributed by atoms with van der Waals surface area (Å²) in [4.78, 5) is 15.7. The second-order valence-electron chi connectivity index (χ2n) is 7.47. The number of nitrogens with zero attached hydrogens (tertiary/aromatic N) is 2. The van der Waals surface area contributed by atoms with Crippen molar-refractivity contribution in [1.29, 1.82) is 0 Å². The Labute approximate surface area is 139 Å². The van der Waals surface area contributed by atoms with E-state index in [1.165, 1.54) is 19.4 Å². The first-order valence-corrected chi connectivity index (χ1v) is 8.82. The predicted molar refractivity (Wildman–Crippen MR) is 86.3 cm³/mol. The van der Waals surface area contributed by atoms with Crippen LogP contribution in [0, 0.1) is 5.92 Å². The highest BCUT2D eigenvalue weighted by Crippen LogP contribution is 2.36. The zero-order valence-corrected chi connectivity index (χ0v) is 14.5. The molecule has 0 saturated carbocycles. The van der Waals surface area contributed by atoms with Gasteiger partial charge < -0.3 is 19.1 Å². The van der Waals surface area contributed by atoms with Crippen molar-refractivity contribution in [3.63, 3.8) is 0 Å². The molecule has 0 aromatic heterocycles. The maximum Gasteiger partial charge on any atom is 0.248 e. The van der Waals surface area contributed by atoms with E-state index in [9.17, 15) is 4.79 Å². The summed E-state index contributed by atoms with van der Waals surface area (Å²) in [6, 6.07) is 0. The maximum absolute atomic E-state index is 11.7. The van der Waals surface area contributed by atoms with Crippen LogP contribution < -0.4 is 0 Å². The molecule has 3 rings (SSSR count). The van der Waals surface area contributed by atoms with Gasteiger partial charge in [-0.1, -0.05) is 0 Å². The van der Waals surface area contributed by atoms with Gasteiger partial charge in [0.2, 0.25) is 5.91 Å². The van der Waals surface area contributed by atoms with E-state index < -0.39 is 0 Å². The van der Waals surface area contributed by atoms with Gasteiger partial charge in [0.05, 0.1) is 11.7 Å². The Morgan fingerprint density at radius 2 is 1.96 bits per heavy atom. The second kappa shape index (κ2) is 7.47. The van der Waals surface area contributed by atoms with Crippen molar-refractivity contribution in [3.8, 4) is 0 Å². The molecule has 0 radical (unpaired) electrons. The molecule has 0 unspecified atom stereocenters. The molecule has 23 heavy (non-hydrogen) atoms. The van der Waals surface area contributed by atoms with E-state index in [1.54, 1.807) is 19.0 Å². The van der Waals surface area contributed by atoms with Gasteiger partial charge in [0.25, 0.3) is 0 Å². The summed E-state index contributed by atoms with van der Waals surface area (Å²) in [7, 11) is 3.52. The molecule has 0 N–H and O–H groups in total. The van der Waals surface area contributed by atoms with Crippen LogP contribution in [0.1, 0.15) is 25.7 Å². The molecule has 0 bridgehead atoms. The van der Waals surface area contributed by atoms with Crippen LogP contribution in [0.25, 0.3) is 0 Å². The Balaban J connectivity index is 1.40. The first kappa shape index (κ1) is 17.1. The summed E-state index contributed by atoms with van der Waals surface area (Å²) >= 11 is 0. The number of amides is 1. The van der Waals surface area contributed by atoms with Crippen LogP contribution in [0.3, 0.4) is 0 Å². The Morgan fingerprint density at radius 3 is 2.65 bits per heavy atom. The number of likely N-dealkylation sites (tertiary alicyclic amines) is 1. The fraction of sp³-hybridized carbons (Fsp3) is 0.941. The van der Waals surface area contributed by atoms with Gasteiger partial charge in [0, 0.05) is 60.0 Å². The molecule has 3 aliphatic heterocycles. The Bertz CT molecular complexity index is 403. The lowest BCUT2D eigenvalue weighted by molar-refractivity contribution is -0.200. The first-order valence-electron chi connectivity index (χ1n) is 8.82. The molecule has 3 aliphatic rings. The zero-order chi connectivity index (χ0) is 16.3. The van der Waals surface area contributed by atoms with E-state index in [0.717, 1.165) is 51.7 Å². The first-order chi connectivity index (χ1) is 11.1. The van der Waals surface area contributed by atoms with Gasteiger partial charge in [-0.2, -0.15) is 0 Å². The lowest BCUT2D eigenvalue weighted by atomic mass is 9.83. The van der Waals surface area contributed by atoms with Crippen molar-refractivity contribution >= 4 is 5.91 Å². The van der Waals surface area contributed by atoms with E-state index in [1.807, 2.05) is 0 Å². The maximum atomic E-state index is 11.7. The van der Waals surface area contributed by atoms with Crippen LogP contribution in [-0.2, 0) is 19.0 Å². The van der Waals surface area contributed by atoms with Crippen LogP contribution in [-0.4, -0.2) is 87.6 Å². The summed E-state index contributed by atoms with van der Waals surface area (Å²) < 4.78 is 17.3. The second-order valence-corrected chi connectivity index (χ2v) is 7.47. The topological polar surface area (TPSA) is 51.2 Å². The number of hydrogen-bond donors (Lipinski definition) is 0. The third-order valence-corrected chi connectivity index (χ3v) is 5.27. The molecule has 0 aliphatic carbocycles. The zero-order valence-electron chi connectivity index (χ0n) is 14.5. The average molecular weight is 326 g/mol. The monoisotopic (exact) mass is 326 g/mol. The fourth-order valence-electron chi connectivity index (χ4n) is 3.86. The van der Waals surface area contributed by atoms with E-state index >= 15 is 0 Å². The molecule has 3 saturated heterocycles. The quantitative estimate of drug-likeness (QED) is 0.746. The highest BCUT2D eigenvalue weighted by Gasteiger charge is 2.48. The van der Waals surface area contributed by atoms with E-state index in [-0.39, 0.29) is 24.2 Å². The standard InChI is InChI=1S/C17H30N2O4/c1-18(2)16(20)11-22-15-5-8-23-17(9-15)12-19(13-17)10-14-3-6-21-7-4-14/h14-15H,3-13H2,1-2H3/t15-/m0/s1. The molecular weight excluding hydrogens is 296 g/mol. The molecule has 1 amide bonds. The Morgan fingerprint density at radius 1 is 1.22 bits per heavy atom. The van der Waals surface area contributed by atoms with Gasteiger partial charge in [-0.05, 0) is 25.2 Å². The molecule has 3 fully saturated rings. The van der Waals surface area contributed by atoms with E-state index in [2.05, 4.69) is 4.90 Å². The molecule has 0 aromatic rings. The molecule has 132 valence electrons. The Hall–Kier alpha value is -0.690. The minimum absolute atomic E-state index is 0.0281. The van der Waals surface area contributed by atoms with Gasteiger partial charge >= 0.3 is 0 Å². The van der Waals surface area contributed by atoms with Crippen LogP contribution in [0.2, 0.25) is 0 Å². The van der Waals surface area contributed by atoms with Crippen molar-refractivity contribution in [2.45, 2.75) is 37.4 Å². The lowest BCUT2D eigenvalue weighted by Gasteiger charge is -2.54. The lowest BCUT2D eigenvalue weighted by Crippen LogP contribution is -2.66. The van der Waals surface area contributed by atoms with Crippen molar-refractivity contribution in [3.05, 3.63) is 0 Å². The molecular formula is C17H30N2O4. The van der Waals surface area contributed by atoms with Crippen molar-refractivity contribution in [1.82, 2.24) is 9.80 Å². The predicted octanol–water partition coefficient (Wildman–Crippen LogP) is 0.751. The fourth-order valence-corrected chi connectivity index (χ4v) is 3.86. The third-order valence-electron chi connectivity index (χ3n) is 5.27. The largest absolute Gasteiger partial charge is 0.381 e. The highest BCUT2D eigenvalue weighted by molar-refractivity contribution is 5.76. The molecule has 6 nitrogen and oxygen atoms in total. The molecule has 0 aromatic carbocycles. The van der Waals surface area contributed by atoms with Crippen molar-refractivity contribution in [2.75, 3.05) is 60.2 Å². The van der Waals surface area contributed by atoms with Crippen molar-refractivity contribution < 1.29 is 19.0 Å². The van der Waals surface area contributed by atoms with Crippen LogP contribution in [0.15, 0.2) is 0 Å². The summed E-state index contributed by atoms with van der Waals surface area (Å²) in [6.45, 7) is 5.92. The highest BCUT2D eigenvalue weighted by atomic mass is 16.5. The van der Waals surface area contributed by atoms with Gasteiger partial charge in [0.15, 0.2) is 0 Å². The summed E-state index contributed by atoms with van der Waals surface area (Å²) in [5.74, 6) is 0.801. The molecule has 1 atom stereocenters. The molecule has 3 heterocycles. The van der Waals surface area contributed by atoms with Gasteiger partial charge in [0.1, 0.15) is 6.61 Å². The normalized spacial score (nSPS) is 28.5. The number of carbonyl (C=O) groups is 1. The van der Waals surface area contributed by atoms with Gasteiger partial charge in [-0.25, -0.2) is 0 Å². The van der Waals surface area contributed by atoms with E-state index in [0.29, 0.717) is 0 Å². The number of ether oxygens (including phenoxy) is 3. The van der Waals surface area contributed by atoms with Crippen LogP contribution >= 0.6 is 0 Å². The Kier molecular flexibility index (Phi) is 5.57. The molecule has 6 heteroatoms. The third kappa shape index (κ3) is 4.44. The summed E-state index contributed by atoms with van der Waals surface area (Å²) in [5.41, 5.74) is -0.0325. The SMILES string of the molecule is CN(C)C(=O)CO[C@H]1CCOC2(C1)CN(CC1CCOCC1)C2. The van der Waals surface area contributed by atoms with Gasteiger partial charge in [-0.15, -0.1) is 0 Å². The average Bonchev–Trinajstić information content (AvgIpc) is 2.52. The van der Waals surface area contributed by atoms with Crippen molar-refractivity contribution in [2.24, 2.45) is 5.92 Å². The minimum Gasteiger partial charge on any atom is -0.381 e.